The van der Waals surface area contributed by atoms with E-state index in [1.54, 1.807) is 26.8 Å². The summed E-state index contributed by atoms with van der Waals surface area (Å²) >= 11 is 0. The van der Waals surface area contributed by atoms with Gasteiger partial charge >= 0.3 is 0 Å². The first kappa shape index (κ1) is 20.9. The molecule has 0 radical (unpaired) electrons. The topological polar surface area (TPSA) is 107 Å². The van der Waals surface area contributed by atoms with Crippen LogP contribution in [0, 0.1) is 18.3 Å². The highest BCUT2D eigenvalue weighted by molar-refractivity contribution is 7.92. The van der Waals surface area contributed by atoms with Crippen LogP contribution < -0.4 is 4.72 Å². The lowest BCUT2D eigenvalue weighted by Crippen LogP contribution is -2.30. The van der Waals surface area contributed by atoms with Crippen molar-refractivity contribution in [2.75, 3.05) is 17.8 Å². The number of nitrogens with one attached hydrogen (secondary N) is 1. The fourth-order valence-electron chi connectivity index (χ4n) is 2.52. The second-order valence-corrected chi connectivity index (χ2v) is 9.43. The molecule has 0 heterocycles. The summed E-state index contributed by atoms with van der Waals surface area (Å²) in [7, 11) is -7.69. The van der Waals surface area contributed by atoms with Crippen molar-refractivity contribution in [3.05, 3.63) is 53.6 Å². The van der Waals surface area contributed by atoms with E-state index in [-0.39, 0.29) is 21.0 Å². The second-order valence-electron chi connectivity index (χ2n) is 5.81. The van der Waals surface area contributed by atoms with Crippen molar-refractivity contribution in [1.82, 2.24) is 4.31 Å². The molecular weight excluding hydrogens is 386 g/mol. The first-order chi connectivity index (χ1) is 12.7. The van der Waals surface area contributed by atoms with Crippen LogP contribution in [0.5, 0.6) is 0 Å². The van der Waals surface area contributed by atoms with Crippen LogP contribution in [0.4, 0.5) is 5.69 Å². The second kappa shape index (κ2) is 8.08. The van der Waals surface area contributed by atoms with E-state index in [1.165, 1.54) is 40.7 Å². The number of nitrogens with zero attached hydrogens (tertiary/aromatic N) is 2. The Morgan fingerprint density at radius 1 is 1.00 bits per heavy atom. The molecule has 2 rings (SSSR count). The minimum Gasteiger partial charge on any atom is -0.279 e. The molecule has 7 nitrogen and oxygen atoms in total. The summed E-state index contributed by atoms with van der Waals surface area (Å²) in [5, 5.41) is 8.95. The minimum atomic E-state index is -3.97. The maximum absolute atomic E-state index is 12.7. The molecule has 1 N–H and O–H groups in total. The van der Waals surface area contributed by atoms with Gasteiger partial charge in [0.05, 0.1) is 27.1 Å². The van der Waals surface area contributed by atoms with Crippen LogP contribution in [0.3, 0.4) is 0 Å². The molecule has 0 saturated carbocycles. The van der Waals surface area contributed by atoms with E-state index < -0.39 is 20.0 Å². The SMILES string of the molecule is CCN(CC)S(=O)(=O)c1ccc(C)c(NS(=O)(=O)c2cccc(C#N)c2)c1. The molecule has 27 heavy (non-hydrogen) atoms. The highest BCUT2D eigenvalue weighted by Crippen LogP contribution is 2.25. The first-order valence-electron chi connectivity index (χ1n) is 8.29. The molecule has 0 spiro atoms. The van der Waals surface area contributed by atoms with Gasteiger partial charge in [-0.1, -0.05) is 26.0 Å². The number of rotatable bonds is 7. The molecule has 2 aromatic rings. The summed E-state index contributed by atoms with van der Waals surface area (Å²) in [4.78, 5) is -0.0572. The number of benzene rings is 2. The van der Waals surface area contributed by atoms with Crippen LogP contribution in [0.15, 0.2) is 52.3 Å². The van der Waals surface area contributed by atoms with E-state index in [0.29, 0.717) is 18.7 Å². The van der Waals surface area contributed by atoms with E-state index in [9.17, 15) is 16.8 Å². The van der Waals surface area contributed by atoms with Crippen LogP contribution in [0.2, 0.25) is 0 Å². The van der Waals surface area contributed by atoms with Crippen molar-refractivity contribution in [2.24, 2.45) is 0 Å². The molecule has 0 atom stereocenters. The third kappa shape index (κ3) is 4.47. The third-order valence-electron chi connectivity index (χ3n) is 4.07. The Labute approximate surface area is 160 Å². The molecule has 2 aromatic carbocycles. The van der Waals surface area contributed by atoms with Crippen LogP contribution >= 0.6 is 0 Å². The average Bonchev–Trinajstić information content (AvgIpc) is 2.64. The van der Waals surface area contributed by atoms with Gasteiger partial charge in [-0.15, -0.1) is 0 Å². The molecular formula is C18H21N3O4S2. The molecule has 0 bridgehead atoms. The van der Waals surface area contributed by atoms with Gasteiger partial charge < -0.3 is 0 Å². The van der Waals surface area contributed by atoms with Gasteiger partial charge in [0.25, 0.3) is 10.0 Å². The zero-order valence-corrected chi connectivity index (χ0v) is 16.9. The predicted molar refractivity (Wildman–Crippen MR) is 103 cm³/mol. The maximum Gasteiger partial charge on any atom is 0.261 e. The molecule has 0 aliphatic rings. The third-order valence-corrected chi connectivity index (χ3v) is 7.48. The molecule has 0 aliphatic carbocycles. The molecule has 0 unspecified atom stereocenters. The standard InChI is InChI=1S/C18H21N3O4S2/c1-4-21(5-2)27(24,25)17-10-9-14(3)18(12-17)20-26(22,23)16-8-6-7-15(11-16)13-19/h6-12,20H,4-5H2,1-3H3. The highest BCUT2D eigenvalue weighted by atomic mass is 32.2. The predicted octanol–water partition coefficient (Wildman–Crippen LogP) is 2.70. The summed E-state index contributed by atoms with van der Waals surface area (Å²) in [5.41, 5.74) is 0.964. The molecule has 0 amide bonds. The van der Waals surface area contributed by atoms with E-state index in [2.05, 4.69) is 4.72 Å². The zero-order valence-electron chi connectivity index (χ0n) is 15.3. The maximum atomic E-state index is 12.7. The summed E-state index contributed by atoms with van der Waals surface area (Å²) in [6.45, 7) is 5.78. The molecule has 0 aliphatic heterocycles. The number of sulfonamides is 2. The van der Waals surface area contributed by atoms with E-state index in [4.69, 9.17) is 5.26 Å². The molecule has 0 aromatic heterocycles. The van der Waals surface area contributed by atoms with Crippen molar-refractivity contribution >= 4 is 25.7 Å². The van der Waals surface area contributed by atoms with Crippen molar-refractivity contribution in [1.29, 1.82) is 5.26 Å². The Kier molecular flexibility index (Phi) is 6.26. The van der Waals surface area contributed by atoms with Gasteiger partial charge in [-0.25, -0.2) is 16.8 Å². The van der Waals surface area contributed by atoms with Gasteiger partial charge in [-0.2, -0.15) is 9.57 Å². The fraction of sp³-hybridized carbons (Fsp3) is 0.278. The molecule has 0 fully saturated rings. The average molecular weight is 408 g/mol. The zero-order chi connectivity index (χ0) is 20.2. The highest BCUT2D eigenvalue weighted by Gasteiger charge is 2.23. The monoisotopic (exact) mass is 407 g/mol. The van der Waals surface area contributed by atoms with Crippen molar-refractivity contribution < 1.29 is 16.8 Å². The molecule has 0 saturated heterocycles. The number of hydrogen-bond acceptors (Lipinski definition) is 5. The number of nitriles is 1. The largest absolute Gasteiger partial charge is 0.279 e. The van der Waals surface area contributed by atoms with Gasteiger partial charge in [0.15, 0.2) is 0 Å². The van der Waals surface area contributed by atoms with Gasteiger partial charge in [0.2, 0.25) is 10.0 Å². The Morgan fingerprint density at radius 2 is 1.67 bits per heavy atom. The summed E-state index contributed by atoms with van der Waals surface area (Å²) < 4.78 is 54.4. The van der Waals surface area contributed by atoms with Gasteiger partial charge in [0, 0.05) is 13.1 Å². The first-order valence-corrected chi connectivity index (χ1v) is 11.2. The Morgan fingerprint density at radius 3 is 2.26 bits per heavy atom. The Bertz CT molecular complexity index is 1080. The lowest BCUT2D eigenvalue weighted by atomic mass is 10.2. The quantitative estimate of drug-likeness (QED) is 0.759. The summed E-state index contributed by atoms with van der Waals surface area (Å²) in [6, 6.07) is 11.8. The number of aryl methyl sites for hydroxylation is 1. The van der Waals surface area contributed by atoms with E-state index in [1.807, 2.05) is 6.07 Å². The molecule has 9 heteroatoms. The van der Waals surface area contributed by atoms with Crippen molar-refractivity contribution in [3.63, 3.8) is 0 Å². The summed E-state index contributed by atoms with van der Waals surface area (Å²) in [6.07, 6.45) is 0. The van der Waals surface area contributed by atoms with E-state index >= 15 is 0 Å². The lowest BCUT2D eigenvalue weighted by molar-refractivity contribution is 0.445. The van der Waals surface area contributed by atoms with Gasteiger partial charge in [-0.05, 0) is 42.8 Å². The van der Waals surface area contributed by atoms with Crippen molar-refractivity contribution in [3.8, 4) is 6.07 Å². The van der Waals surface area contributed by atoms with Gasteiger partial charge in [-0.3, -0.25) is 4.72 Å². The van der Waals surface area contributed by atoms with Crippen LogP contribution in [-0.4, -0.2) is 34.2 Å². The lowest BCUT2D eigenvalue weighted by Gasteiger charge is -2.19. The fourth-order valence-corrected chi connectivity index (χ4v) is 5.17. The van der Waals surface area contributed by atoms with Crippen molar-refractivity contribution in [2.45, 2.75) is 30.6 Å². The van der Waals surface area contributed by atoms with Gasteiger partial charge in [0.1, 0.15) is 0 Å². The Hall–Kier alpha value is -2.41. The molecule has 144 valence electrons. The minimum absolute atomic E-state index is 0.0141. The van der Waals surface area contributed by atoms with Crippen LogP contribution in [0.1, 0.15) is 25.0 Å². The van der Waals surface area contributed by atoms with Crippen LogP contribution in [-0.2, 0) is 20.0 Å². The smallest absolute Gasteiger partial charge is 0.261 e. The number of hydrogen-bond donors (Lipinski definition) is 1. The normalized spacial score (nSPS) is 12.0. The Balaban J connectivity index is 2.46. The van der Waals surface area contributed by atoms with Crippen LogP contribution in [0.25, 0.3) is 0 Å². The number of anilines is 1. The summed E-state index contributed by atoms with van der Waals surface area (Å²) in [5.74, 6) is 0. The van der Waals surface area contributed by atoms with E-state index in [0.717, 1.165) is 0 Å².